The van der Waals surface area contributed by atoms with Gasteiger partial charge in [0.2, 0.25) is 0 Å². The number of benzene rings is 2. The highest BCUT2D eigenvalue weighted by molar-refractivity contribution is 6.18. The van der Waals surface area contributed by atoms with Crippen LogP contribution in [0.15, 0.2) is 60.9 Å². The molecule has 2 atom stereocenters. The minimum Gasteiger partial charge on any atom is -0.493 e. The Balaban J connectivity index is 1.57. The number of rotatable bonds is 11. The third kappa shape index (κ3) is 6.45. The molecule has 6 nitrogen and oxygen atoms in total. The van der Waals surface area contributed by atoms with Crippen LogP contribution in [0.1, 0.15) is 31.9 Å². The van der Waals surface area contributed by atoms with Crippen molar-refractivity contribution in [2.45, 2.75) is 38.8 Å². The molecule has 3 aromatic rings. The van der Waals surface area contributed by atoms with Crippen molar-refractivity contribution in [3.8, 4) is 11.5 Å². The molecule has 0 aliphatic carbocycles. The fourth-order valence-corrected chi connectivity index (χ4v) is 3.27. The van der Waals surface area contributed by atoms with Crippen LogP contribution in [-0.2, 0) is 12.0 Å². The van der Waals surface area contributed by atoms with Gasteiger partial charge in [0.25, 0.3) is 0 Å². The normalized spacial score (nSPS) is 13.6. The van der Waals surface area contributed by atoms with Gasteiger partial charge in [0, 0.05) is 23.4 Å². The maximum atomic E-state index is 10.1. The van der Waals surface area contributed by atoms with Crippen molar-refractivity contribution in [2.75, 3.05) is 19.1 Å². The van der Waals surface area contributed by atoms with Crippen LogP contribution in [-0.4, -0.2) is 45.3 Å². The van der Waals surface area contributed by atoms with Crippen LogP contribution in [0.3, 0.4) is 0 Å². The Morgan fingerprint density at radius 3 is 2.00 bits per heavy atom. The first-order valence-electron chi connectivity index (χ1n) is 10.4. The minimum atomic E-state index is -0.661. The van der Waals surface area contributed by atoms with E-state index in [2.05, 4.69) is 55.3 Å². The molecular formula is C24H30ClN3O3. The first-order valence-corrected chi connectivity index (χ1v) is 11.0. The van der Waals surface area contributed by atoms with Gasteiger partial charge in [0.05, 0.1) is 19.3 Å². The molecule has 1 heterocycles. The number of alkyl halides is 1. The zero-order valence-corrected chi connectivity index (χ0v) is 19.0. The molecule has 31 heavy (non-hydrogen) atoms. The number of hydrogen-bond donors (Lipinski definition) is 1. The molecule has 0 radical (unpaired) electrons. The SMILES string of the molecule is C[C@H](CCl)COc1ccc(C(C)(C)c2ccc(OC[C@@H](O)Cn3ccnn3)cc2)cc1. The van der Waals surface area contributed by atoms with Gasteiger partial charge >= 0.3 is 0 Å². The first-order chi connectivity index (χ1) is 14.9. The number of aromatic nitrogens is 3. The number of aliphatic hydroxyl groups is 1. The van der Waals surface area contributed by atoms with E-state index in [4.69, 9.17) is 21.1 Å². The summed E-state index contributed by atoms with van der Waals surface area (Å²) in [7, 11) is 0. The molecule has 166 valence electrons. The molecule has 0 unspecified atom stereocenters. The van der Waals surface area contributed by atoms with E-state index in [1.54, 1.807) is 17.1 Å². The average Bonchev–Trinajstić information content (AvgIpc) is 3.29. The van der Waals surface area contributed by atoms with E-state index in [-0.39, 0.29) is 12.0 Å². The van der Waals surface area contributed by atoms with Crippen LogP contribution >= 0.6 is 11.6 Å². The quantitative estimate of drug-likeness (QED) is 0.447. The number of halogens is 1. The lowest BCUT2D eigenvalue weighted by Gasteiger charge is -2.26. The third-order valence-corrected chi connectivity index (χ3v) is 5.79. The summed E-state index contributed by atoms with van der Waals surface area (Å²) in [6.45, 7) is 7.59. The Hall–Kier alpha value is -2.57. The molecule has 3 rings (SSSR count). The standard InChI is InChI=1S/C24H30ClN3O3/c1-18(14-25)16-30-22-8-4-19(5-9-22)24(2,3)20-6-10-23(11-7-20)31-17-21(29)15-28-13-12-26-27-28/h4-13,18,21,29H,14-17H2,1-3H3/t18-,21+/m1/s1. The summed E-state index contributed by atoms with van der Waals surface area (Å²) in [5, 5.41) is 17.7. The van der Waals surface area contributed by atoms with Crippen LogP contribution in [0.5, 0.6) is 11.5 Å². The molecule has 0 aliphatic rings. The maximum absolute atomic E-state index is 10.1. The average molecular weight is 444 g/mol. The van der Waals surface area contributed by atoms with Gasteiger partial charge in [0.1, 0.15) is 24.2 Å². The Kier molecular flexibility index (Phi) is 7.93. The second kappa shape index (κ2) is 10.6. The molecule has 1 aromatic heterocycles. The van der Waals surface area contributed by atoms with Crippen molar-refractivity contribution in [1.82, 2.24) is 15.0 Å². The predicted molar refractivity (Wildman–Crippen MR) is 122 cm³/mol. The summed E-state index contributed by atoms with van der Waals surface area (Å²) in [4.78, 5) is 0. The number of ether oxygens (including phenoxy) is 2. The molecule has 1 N–H and O–H groups in total. The lowest BCUT2D eigenvalue weighted by molar-refractivity contribution is 0.0888. The van der Waals surface area contributed by atoms with Gasteiger partial charge in [-0.15, -0.1) is 16.7 Å². The van der Waals surface area contributed by atoms with Gasteiger partial charge in [-0.2, -0.15) is 0 Å². The number of aliphatic hydroxyl groups excluding tert-OH is 1. The monoisotopic (exact) mass is 443 g/mol. The van der Waals surface area contributed by atoms with Crippen molar-refractivity contribution < 1.29 is 14.6 Å². The van der Waals surface area contributed by atoms with Crippen molar-refractivity contribution in [1.29, 1.82) is 0 Å². The first kappa shape index (κ1) is 23.1. The summed E-state index contributed by atoms with van der Waals surface area (Å²) in [5.74, 6) is 2.48. The van der Waals surface area contributed by atoms with E-state index >= 15 is 0 Å². The summed E-state index contributed by atoms with van der Waals surface area (Å²) in [6.07, 6.45) is 2.63. The molecule has 0 bridgehead atoms. The molecule has 0 spiro atoms. The van der Waals surface area contributed by atoms with Gasteiger partial charge in [-0.3, -0.25) is 0 Å². The summed E-state index contributed by atoms with van der Waals surface area (Å²) in [6, 6.07) is 16.2. The van der Waals surface area contributed by atoms with Crippen molar-refractivity contribution >= 4 is 11.6 Å². The molecule has 0 fully saturated rings. The van der Waals surface area contributed by atoms with Crippen molar-refractivity contribution in [2.24, 2.45) is 5.92 Å². The third-order valence-electron chi connectivity index (χ3n) is 5.26. The predicted octanol–water partition coefficient (Wildman–Crippen LogP) is 4.30. The van der Waals surface area contributed by atoms with Crippen LogP contribution < -0.4 is 9.47 Å². The lowest BCUT2D eigenvalue weighted by Crippen LogP contribution is -2.24. The molecule has 0 saturated heterocycles. The maximum Gasteiger partial charge on any atom is 0.119 e. The topological polar surface area (TPSA) is 69.4 Å². The molecule has 2 aromatic carbocycles. The van der Waals surface area contributed by atoms with E-state index in [0.29, 0.717) is 30.7 Å². The van der Waals surface area contributed by atoms with E-state index < -0.39 is 6.10 Å². The van der Waals surface area contributed by atoms with Crippen LogP contribution in [0.2, 0.25) is 0 Å². The van der Waals surface area contributed by atoms with Crippen LogP contribution in [0.4, 0.5) is 0 Å². The second-order valence-electron chi connectivity index (χ2n) is 8.33. The second-order valence-corrected chi connectivity index (χ2v) is 8.64. The molecular weight excluding hydrogens is 414 g/mol. The largest absolute Gasteiger partial charge is 0.493 e. The smallest absolute Gasteiger partial charge is 0.119 e. The van der Waals surface area contributed by atoms with E-state index in [9.17, 15) is 5.11 Å². The van der Waals surface area contributed by atoms with Crippen LogP contribution in [0, 0.1) is 5.92 Å². The van der Waals surface area contributed by atoms with Crippen molar-refractivity contribution in [3.05, 3.63) is 72.1 Å². The Bertz CT molecular complexity index is 912. The van der Waals surface area contributed by atoms with Gasteiger partial charge < -0.3 is 14.6 Å². The summed E-state index contributed by atoms with van der Waals surface area (Å²) < 4.78 is 13.1. The van der Waals surface area contributed by atoms with Gasteiger partial charge in [-0.25, -0.2) is 4.68 Å². The van der Waals surface area contributed by atoms with E-state index in [0.717, 1.165) is 5.75 Å². The molecule has 0 saturated carbocycles. The zero-order chi connectivity index (χ0) is 22.3. The molecule has 0 aliphatic heterocycles. The Morgan fingerprint density at radius 1 is 0.968 bits per heavy atom. The van der Waals surface area contributed by atoms with E-state index in [1.807, 2.05) is 24.3 Å². The lowest BCUT2D eigenvalue weighted by atomic mass is 9.78. The fraction of sp³-hybridized carbons (Fsp3) is 0.417. The zero-order valence-electron chi connectivity index (χ0n) is 18.2. The Labute approximate surface area is 188 Å². The van der Waals surface area contributed by atoms with E-state index in [1.165, 1.54) is 11.1 Å². The minimum absolute atomic E-state index is 0.174. The van der Waals surface area contributed by atoms with Crippen LogP contribution in [0.25, 0.3) is 0 Å². The summed E-state index contributed by atoms with van der Waals surface area (Å²) in [5.41, 5.74) is 2.20. The highest BCUT2D eigenvalue weighted by Gasteiger charge is 2.23. The van der Waals surface area contributed by atoms with Gasteiger partial charge in [-0.1, -0.05) is 50.3 Å². The fourth-order valence-electron chi connectivity index (χ4n) is 3.18. The highest BCUT2D eigenvalue weighted by atomic mass is 35.5. The Morgan fingerprint density at radius 2 is 1.52 bits per heavy atom. The number of nitrogens with zero attached hydrogens (tertiary/aromatic N) is 3. The van der Waals surface area contributed by atoms with Gasteiger partial charge in [0.15, 0.2) is 0 Å². The van der Waals surface area contributed by atoms with Gasteiger partial charge in [-0.05, 0) is 35.4 Å². The summed E-state index contributed by atoms with van der Waals surface area (Å²) >= 11 is 5.84. The highest BCUT2D eigenvalue weighted by Crippen LogP contribution is 2.33. The molecule has 0 amide bonds. The number of hydrogen-bond acceptors (Lipinski definition) is 5. The molecule has 7 heteroatoms. The van der Waals surface area contributed by atoms with Crippen molar-refractivity contribution in [3.63, 3.8) is 0 Å².